The summed E-state index contributed by atoms with van der Waals surface area (Å²) in [4.78, 5) is 3.44. The van der Waals surface area contributed by atoms with Gasteiger partial charge in [0.25, 0.3) is 0 Å². The Labute approximate surface area is 70.6 Å². The average molecular weight is 182 g/mol. The van der Waals surface area contributed by atoms with E-state index in [-0.39, 0.29) is 5.02 Å². The molecular weight excluding hydrogens is 176 g/mol. The van der Waals surface area contributed by atoms with Crippen molar-refractivity contribution < 1.29 is 7.13 Å². The molecule has 1 aromatic heterocycles. The van der Waals surface area contributed by atoms with E-state index < -0.39 is 17.3 Å². The molecule has 0 spiro atoms. The van der Waals surface area contributed by atoms with E-state index >= 15 is 0 Å². The van der Waals surface area contributed by atoms with E-state index in [9.17, 15) is 4.39 Å². The summed E-state index contributed by atoms with van der Waals surface area (Å²) in [6.07, 6.45) is 1.14. The molecule has 0 radical (unpaired) electrons. The lowest BCUT2D eigenvalue weighted by Gasteiger charge is -1.95. The Hall–Kier alpha value is -0.340. The van der Waals surface area contributed by atoms with Gasteiger partial charge < -0.3 is 0 Å². The second-order valence-corrected chi connectivity index (χ2v) is 2.20. The van der Waals surface area contributed by atoms with Crippen molar-refractivity contribution in [2.45, 2.75) is 5.83 Å². The second kappa shape index (κ2) is 3.17. The van der Waals surface area contributed by atoms with Gasteiger partial charge in [0, 0.05) is 6.20 Å². The minimum atomic E-state index is -2.30. The molecule has 0 aliphatic heterocycles. The molecule has 0 unspecified atom stereocenters. The van der Waals surface area contributed by atoms with Gasteiger partial charge in [0.1, 0.15) is 5.82 Å². The Morgan fingerprint density at radius 3 is 3.00 bits per heavy atom. The molecule has 0 aliphatic carbocycles. The van der Waals surface area contributed by atoms with Gasteiger partial charge in [-0.25, -0.2) is 4.39 Å². The summed E-state index contributed by atoms with van der Waals surface area (Å²) in [5, 5.41) is 0.108. The molecular formula is C6H4Cl2FN. The van der Waals surface area contributed by atoms with Crippen LogP contribution < -0.4 is 0 Å². The predicted molar refractivity (Wildman–Crippen MR) is 38.8 cm³/mol. The second-order valence-electron chi connectivity index (χ2n) is 1.58. The zero-order valence-electron chi connectivity index (χ0n) is 6.74. The molecule has 0 saturated carbocycles. The van der Waals surface area contributed by atoms with Crippen molar-refractivity contribution in [3.05, 3.63) is 28.8 Å². The highest BCUT2D eigenvalue weighted by atomic mass is 35.5. The minimum absolute atomic E-state index is 0.108. The van der Waals surface area contributed by atoms with Crippen LogP contribution in [0, 0.1) is 5.82 Å². The van der Waals surface area contributed by atoms with E-state index in [1.807, 2.05) is 0 Å². The van der Waals surface area contributed by atoms with Crippen LogP contribution in [0.1, 0.15) is 8.44 Å². The lowest BCUT2D eigenvalue weighted by atomic mass is 10.4. The summed E-state index contributed by atoms with van der Waals surface area (Å²) < 4.78 is 26.8. The summed E-state index contributed by atoms with van der Waals surface area (Å²) in [5.74, 6) is -3.14. The van der Waals surface area contributed by atoms with Crippen molar-refractivity contribution in [1.82, 2.24) is 4.98 Å². The van der Waals surface area contributed by atoms with Crippen molar-refractivity contribution in [1.29, 1.82) is 0 Å². The summed E-state index contributed by atoms with van der Waals surface area (Å²) in [6.45, 7) is 0. The Bertz CT molecular complexity index is 300. The fourth-order valence-corrected chi connectivity index (χ4v) is 0.768. The van der Waals surface area contributed by atoms with Crippen LogP contribution in [0.3, 0.4) is 0 Å². The Morgan fingerprint density at radius 1 is 1.80 bits per heavy atom. The van der Waals surface area contributed by atoms with Crippen LogP contribution in [-0.4, -0.2) is 4.98 Å². The van der Waals surface area contributed by atoms with Gasteiger partial charge in [-0.3, -0.25) is 4.98 Å². The van der Waals surface area contributed by atoms with E-state index in [0.717, 1.165) is 12.3 Å². The van der Waals surface area contributed by atoms with Crippen LogP contribution >= 0.6 is 23.2 Å². The van der Waals surface area contributed by atoms with Crippen molar-refractivity contribution in [2.75, 3.05) is 0 Å². The summed E-state index contributed by atoms with van der Waals surface area (Å²) in [6, 6.07) is 0.962. The van der Waals surface area contributed by atoms with Gasteiger partial charge in [0.2, 0.25) is 0 Å². The van der Waals surface area contributed by atoms with Gasteiger partial charge in [0.05, 0.1) is 19.3 Å². The Morgan fingerprint density at radius 2 is 2.50 bits per heavy atom. The number of aromatic nitrogens is 1. The first-order valence-electron chi connectivity index (χ1n) is 3.41. The third-order valence-corrected chi connectivity index (χ3v) is 1.28. The van der Waals surface area contributed by atoms with E-state index in [1.54, 1.807) is 0 Å². The van der Waals surface area contributed by atoms with Gasteiger partial charge in [-0.2, -0.15) is 0 Å². The molecule has 0 atom stereocenters. The molecule has 10 heavy (non-hydrogen) atoms. The van der Waals surface area contributed by atoms with Crippen LogP contribution in [0.4, 0.5) is 4.39 Å². The maximum Gasteiger partial charge on any atom is 0.147 e. The van der Waals surface area contributed by atoms with Crippen LogP contribution in [0.15, 0.2) is 12.3 Å². The molecule has 1 heterocycles. The zero-order valence-corrected chi connectivity index (χ0v) is 6.25. The van der Waals surface area contributed by atoms with Crippen molar-refractivity contribution in [3.8, 4) is 0 Å². The molecule has 1 rings (SSSR count). The fraction of sp³-hybridized carbons (Fsp3) is 0.167. The van der Waals surface area contributed by atoms with Crippen molar-refractivity contribution >= 4 is 23.2 Å². The number of halogens is 3. The maximum atomic E-state index is 12.9. The van der Waals surface area contributed by atoms with Crippen molar-refractivity contribution in [2.24, 2.45) is 0 Å². The number of hydrogen-bond acceptors (Lipinski definition) is 1. The summed E-state index contributed by atoms with van der Waals surface area (Å²) >= 11 is 10.6. The molecule has 1 aromatic rings. The largest absolute Gasteiger partial charge is 0.255 e. The number of rotatable bonds is 1. The van der Waals surface area contributed by atoms with Crippen molar-refractivity contribution in [3.63, 3.8) is 0 Å². The number of pyridine rings is 1. The SMILES string of the molecule is [2H]C([2H])(Cl)c1ncc(Cl)cc1F. The summed E-state index contributed by atoms with van der Waals surface area (Å²) in [5.41, 5.74) is -0.450. The topological polar surface area (TPSA) is 12.9 Å². The van der Waals surface area contributed by atoms with Crippen LogP contribution in [0.25, 0.3) is 0 Å². The molecule has 4 heteroatoms. The van der Waals surface area contributed by atoms with E-state index in [4.69, 9.17) is 25.9 Å². The molecule has 0 saturated heterocycles. The first kappa shape index (κ1) is 5.33. The molecule has 0 amide bonds. The lowest BCUT2D eigenvalue weighted by Crippen LogP contribution is -1.89. The standard InChI is InChI=1S/C6H4Cl2FN/c7-2-6-5(9)1-4(8)3-10-6/h1,3H,2H2/i2D2. The van der Waals surface area contributed by atoms with Gasteiger partial charge in [-0.15, -0.1) is 11.6 Å². The Kier molecular flexibility index (Phi) is 1.69. The highest BCUT2D eigenvalue weighted by Crippen LogP contribution is 2.12. The highest BCUT2D eigenvalue weighted by Gasteiger charge is 2.01. The molecule has 0 aliphatic rings. The number of nitrogens with zero attached hydrogens (tertiary/aromatic N) is 1. The van der Waals surface area contributed by atoms with Crippen LogP contribution in [0.5, 0.6) is 0 Å². The molecule has 0 aromatic carbocycles. The first-order chi connectivity index (χ1) is 5.41. The number of hydrogen-bond donors (Lipinski definition) is 0. The van der Waals surface area contributed by atoms with Gasteiger partial charge >= 0.3 is 0 Å². The molecule has 54 valence electrons. The van der Waals surface area contributed by atoms with Crippen LogP contribution in [-0.2, 0) is 5.83 Å². The Balaban J connectivity index is 3.19. The first-order valence-corrected chi connectivity index (χ1v) is 3.17. The van der Waals surface area contributed by atoms with E-state index in [1.165, 1.54) is 0 Å². The quantitative estimate of drug-likeness (QED) is 0.608. The third kappa shape index (κ3) is 1.58. The average Bonchev–Trinajstić information content (AvgIpc) is 1.83. The lowest BCUT2D eigenvalue weighted by molar-refractivity contribution is 0.608. The monoisotopic (exact) mass is 181 g/mol. The molecule has 0 fully saturated rings. The van der Waals surface area contributed by atoms with Gasteiger partial charge in [-0.05, 0) is 6.07 Å². The van der Waals surface area contributed by atoms with Crippen LogP contribution in [0.2, 0.25) is 5.02 Å². The zero-order chi connectivity index (χ0) is 9.35. The van der Waals surface area contributed by atoms with E-state index in [0.29, 0.717) is 0 Å². The molecule has 0 bridgehead atoms. The van der Waals surface area contributed by atoms with Gasteiger partial charge in [0.15, 0.2) is 0 Å². The third-order valence-electron chi connectivity index (χ3n) is 0.897. The minimum Gasteiger partial charge on any atom is -0.255 e. The fourth-order valence-electron chi connectivity index (χ4n) is 0.484. The molecule has 1 nitrogen and oxygen atoms in total. The number of alkyl halides is 1. The smallest absolute Gasteiger partial charge is 0.147 e. The predicted octanol–water partition coefficient (Wildman–Crippen LogP) is 2.61. The molecule has 0 N–H and O–H groups in total. The van der Waals surface area contributed by atoms with Gasteiger partial charge in [-0.1, -0.05) is 11.6 Å². The maximum absolute atomic E-state index is 12.9. The van der Waals surface area contributed by atoms with E-state index in [2.05, 4.69) is 4.98 Å². The summed E-state index contributed by atoms with van der Waals surface area (Å²) in [7, 11) is 0. The highest BCUT2D eigenvalue weighted by molar-refractivity contribution is 6.30. The normalized spacial score (nSPS) is 14.3.